The fourth-order valence-electron chi connectivity index (χ4n) is 4.88. The van der Waals surface area contributed by atoms with E-state index < -0.39 is 39.5 Å². The van der Waals surface area contributed by atoms with Crippen LogP contribution in [0.4, 0.5) is 0 Å². The molecular weight excluding hydrogens is 600 g/mol. The smallest absolute Gasteiger partial charge is 0.243 e. The first-order chi connectivity index (χ1) is 21.2. The van der Waals surface area contributed by atoms with Crippen LogP contribution in [-0.4, -0.2) is 94.5 Å². The number of nitrogens with one attached hydrogen (secondary N) is 3. The Balaban J connectivity index is 1.85. The second-order valence-electron chi connectivity index (χ2n) is 12.6. The zero-order valence-corrected chi connectivity index (χ0v) is 27.9. The van der Waals surface area contributed by atoms with Gasteiger partial charge in [0.1, 0.15) is 6.04 Å². The summed E-state index contributed by atoms with van der Waals surface area (Å²) in [5.41, 5.74) is 0.176. The molecule has 3 atom stereocenters. The predicted molar refractivity (Wildman–Crippen MR) is 170 cm³/mol. The van der Waals surface area contributed by atoms with Crippen molar-refractivity contribution in [2.24, 2.45) is 11.3 Å². The van der Waals surface area contributed by atoms with Crippen LogP contribution in [0.2, 0.25) is 0 Å². The van der Waals surface area contributed by atoms with Gasteiger partial charge in [0.15, 0.2) is 11.5 Å². The minimum Gasteiger partial charge on any atom is -0.454 e. The van der Waals surface area contributed by atoms with Gasteiger partial charge in [0.25, 0.3) is 0 Å². The molecule has 2 aromatic carbocycles. The highest BCUT2D eigenvalue weighted by Gasteiger charge is 2.37. The van der Waals surface area contributed by atoms with Crippen LogP contribution in [0.15, 0.2) is 53.4 Å². The summed E-state index contributed by atoms with van der Waals surface area (Å²) < 4.78 is 44.7. The monoisotopic (exact) mass is 648 g/mol. The fourth-order valence-corrected chi connectivity index (χ4v) is 6.52. The molecule has 1 aliphatic rings. The van der Waals surface area contributed by atoms with Crippen molar-refractivity contribution in [2.75, 3.05) is 46.7 Å². The number of carbonyl (C=O) groups excluding carboxylic acids is 2. The number of hydrogen-bond donors (Lipinski definition) is 4. The highest BCUT2D eigenvalue weighted by molar-refractivity contribution is 7.89. The van der Waals surface area contributed by atoms with Crippen LogP contribution in [0.3, 0.4) is 0 Å². The number of benzene rings is 2. The lowest BCUT2D eigenvalue weighted by Crippen LogP contribution is -2.59. The second kappa shape index (κ2) is 16.4. The number of rotatable bonds is 17. The Hall–Kier alpha value is -3.23. The van der Waals surface area contributed by atoms with E-state index in [0.717, 1.165) is 5.56 Å². The number of methoxy groups -OCH3 is 1. The number of carbonyl (C=O) groups is 2. The summed E-state index contributed by atoms with van der Waals surface area (Å²) in [5, 5.41) is 20.3. The van der Waals surface area contributed by atoms with Crippen molar-refractivity contribution < 1.29 is 37.3 Å². The van der Waals surface area contributed by atoms with Crippen LogP contribution in [0.25, 0.3) is 0 Å². The SMILES string of the molecule is COCCNCC(=O)N[C@H](C(=O)N[C@@H](Cc1ccccc1)[C@H](O)CN(CC(C)C)S(=O)(=O)c1ccc2c(c1)OCO2)C(C)(C)C. The lowest BCUT2D eigenvalue weighted by Gasteiger charge is -2.34. The average molecular weight is 649 g/mol. The van der Waals surface area contributed by atoms with Gasteiger partial charge in [-0.05, 0) is 35.4 Å². The molecule has 45 heavy (non-hydrogen) atoms. The van der Waals surface area contributed by atoms with Crippen molar-refractivity contribution in [3.63, 3.8) is 0 Å². The molecule has 0 saturated heterocycles. The van der Waals surface area contributed by atoms with Crippen molar-refractivity contribution in [3.05, 3.63) is 54.1 Å². The molecule has 4 N–H and O–H groups in total. The molecule has 3 rings (SSSR count). The number of fused-ring (bicyclic) bond motifs is 1. The maximum atomic E-state index is 13.9. The highest BCUT2D eigenvalue weighted by Crippen LogP contribution is 2.35. The van der Waals surface area contributed by atoms with E-state index >= 15 is 0 Å². The first-order valence-corrected chi connectivity index (χ1v) is 16.6. The van der Waals surface area contributed by atoms with E-state index in [9.17, 15) is 23.1 Å². The molecule has 250 valence electrons. The maximum Gasteiger partial charge on any atom is 0.243 e. The van der Waals surface area contributed by atoms with Crippen LogP contribution in [0.1, 0.15) is 40.2 Å². The fraction of sp³-hybridized carbons (Fsp3) is 0.562. The van der Waals surface area contributed by atoms with Gasteiger partial charge in [-0.2, -0.15) is 4.31 Å². The van der Waals surface area contributed by atoms with E-state index in [2.05, 4.69) is 16.0 Å². The van der Waals surface area contributed by atoms with Crippen LogP contribution in [-0.2, 0) is 30.8 Å². The van der Waals surface area contributed by atoms with E-state index in [0.29, 0.717) is 24.7 Å². The lowest BCUT2D eigenvalue weighted by atomic mass is 9.85. The summed E-state index contributed by atoms with van der Waals surface area (Å²) in [4.78, 5) is 26.5. The van der Waals surface area contributed by atoms with Gasteiger partial charge >= 0.3 is 0 Å². The van der Waals surface area contributed by atoms with Crippen LogP contribution < -0.4 is 25.4 Å². The van der Waals surface area contributed by atoms with Crippen molar-refractivity contribution in [1.82, 2.24) is 20.3 Å². The van der Waals surface area contributed by atoms with Gasteiger partial charge in [-0.15, -0.1) is 0 Å². The van der Waals surface area contributed by atoms with E-state index in [1.165, 1.54) is 16.4 Å². The molecule has 0 unspecified atom stereocenters. The van der Waals surface area contributed by atoms with Crippen LogP contribution >= 0.6 is 0 Å². The summed E-state index contributed by atoms with van der Waals surface area (Å²) in [6, 6.07) is 11.9. The first kappa shape index (κ1) is 36.2. The average Bonchev–Trinajstić information content (AvgIpc) is 3.45. The quantitative estimate of drug-likeness (QED) is 0.188. The number of sulfonamides is 1. The molecule has 0 aromatic heterocycles. The Morgan fingerprint density at radius 1 is 1.02 bits per heavy atom. The molecule has 0 fully saturated rings. The first-order valence-electron chi connectivity index (χ1n) is 15.1. The molecule has 0 spiro atoms. The largest absolute Gasteiger partial charge is 0.454 e. The molecule has 0 saturated carbocycles. The van der Waals surface area contributed by atoms with Gasteiger partial charge in [0.2, 0.25) is 28.6 Å². The van der Waals surface area contributed by atoms with Gasteiger partial charge in [0, 0.05) is 32.8 Å². The zero-order valence-electron chi connectivity index (χ0n) is 27.0. The number of aliphatic hydroxyl groups excluding tert-OH is 1. The minimum absolute atomic E-state index is 0.00116. The van der Waals surface area contributed by atoms with E-state index in [4.69, 9.17) is 14.2 Å². The lowest BCUT2D eigenvalue weighted by molar-refractivity contribution is -0.132. The summed E-state index contributed by atoms with van der Waals surface area (Å²) in [6.45, 7) is 10.1. The Bertz CT molecular complexity index is 1360. The van der Waals surface area contributed by atoms with Gasteiger partial charge in [-0.3, -0.25) is 9.59 Å². The van der Waals surface area contributed by atoms with E-state index in [1.54, 1.807) is 13.2 Å². The zero-order chi connectivity index (χ0) is 33.2. The minimum atomic E-state index is -4.06. The third-order valence-corrected chi connectivity index (χ3v) is 9.06. The number of amides is 2. The topological polar surface area (TPSA) is 156 Å². The van der Waals surface area contributed by atoms with Gasteiger partial charge in [0.05, 0.1) is 30.2 Å². The van der Waals surface area contributed by atoms with Crippen molar-refractivity contribution in [3.8, 4) is 11.5 Å². The molecule has 12 nitrogen and oxygen atoms in total. The summed E-state index contributed by atoms with van der Waals surface area (Å²) in [5.74, 6) is -0.108. The normalized spacial score (nSPS) is 15.1. The van der Waals surface area contributed by atoms with Crippen LogP contribution in [0.5, 0.6) is 11.5 Å². The van der Waals surface area contributed by atoms with E-state index in [-0.39, 0.29) is 49.6 Å². The molecule has 0 aliphatic carbocycles. The number of ether oxygens (including phenoxy) is 3. The molecular formula is C32H48N4O8S. The third kappa shape index (κ3) is 10.7. The summed E-state index contributed by atoms with van der Waals surface area (Å²) in [6.07, 6.45) is -1.06. The second-order valence-corrected chi connectivity index (χ2v) is 14.6. The van der Waals surface area contributed by atoms with Gasteiger partial charge in [-0.25, -0.2) is 8.42 Å². The number of nitrogens with zero attached hydrogens (tertiary/aromatic N) is 1. The molecule has 0 radical (unpaired) electrons. The number of hydrogen-bond acceptors (Lipinski definition) is 9. The molecule has 13 heteroatoms. The molecule has 0 bridgehead atoms. The maximum absolute atomic E-state index is 13.9. The number of aliphatic hydroxyl groups is 1. The van der Waals surface area contributed by atoms with Crippen molar-refractivity contribution in [2.45, 2.75) is 64.1 Å². The van der Waals surface area contributed by atoms with Crippen LogP contribution in [0, 0.1) is 11.3 Å². The molecule has 1 heterocycles. The summed E-state index contributed by atoms with van der Waals surface area (Å²) in [7, 11) is -2.50. The predicted octanol–water partition coefficient (Wildman–Crippen LogP) is 1.92. The van der Waals surface area contributed by atoms with Gasteiger partial charge in [-0.1, -0.05) is 65.0 Å². The van der Waals surface area contributed by atoms with E-state index in [1.807, 2.05) is 65.0 Å². The Morgan fingerprint density at radius 3 is 2.36 bits per heavy atom. The van der Waals surface area contributed by atoms with Gasteiger partial charge < -0.3 is 35.3 Å². The Kier molecular flexibility index (Phi) is 13.2. The standard InChI is InChI=1S/C32H48N4O8S/c1-22(2)19-36(45(40,41)24-12-13-27-28(17-24)44-21-43-27)20-26(37)25(16-23-10-8-7-9-11-23)34-31(39)30(32(3,4)5)35-29(38)18-33-14-15-42-6/h7-13,17,22,25-26,30,33,37H,14-16,18-21H2,1-6H3,(H,34,39)(H,35,38)/t25-,26+,30+/m0/s1. The van der Waals surface area contributed by atoms with Crippen molar-refractivity contribution in [1.29, 1.82) is 0 Å². The molecule has 2 aromatic rings. The molecule has 1 aliphatic heterocycles. The third-order valence-electron chi connectivity index (χ3n) is 7.23. The Morgan fingerprint density at radius 2 is 1.71 bits per heavy atom. The highest BCUT2D eigenvalue weighted by atomic mass is 32.2. The molecule has 2 amide bonds. The summed E-state index contributed by atoms with van der Waals surface area (Å²) >= 11 is 0. The Labute approximate surface area is 266 Å². The van der Waals surface area contributed by atoms with Crippen molar-refractivity contribution >= 4 is 21.8 Å².